The molecule has 1 saturated carbocycles. The number of hydrogen-bond acceptors (Lipinski definition) is 2. The first kappa shape index (κ1) is 30.1. The zero-order valence-corrected chi connectivity index (χ0v) is 22.0. The van der Waals surface area contributed by atoms with Crippen molar-refractivity contribution in [1.29, 1.82) is 0 Å². The average molecular weight is 575 g/mol. The highest BCUT2D eigenvalue weighted by atomic mass is 19.4. The monoisotopic (exact) mass is 574 g/mol. The van der Waals surface area contributed by atoms with Crippen LogP contribution in [0.1, 0.15) is 61.3 Å². The highest BCUT2D eigenvalue weighted by molar-refractivity contribution is 5.66. The molecule has 1 aliphatic heterocycles. The fourth-order valence-electron chi connectivity index (χ4n) is 6.34. The Morgan fingerprint density at radius 2 is 1.55 bits per heavy atom. The normalized spacial score (nSPS) is 25.4. The molecule has 0 spiro atoms. The van der Waals surface area contributed by atoms with Gasteiger partial charge in [-0.05, 0) is 84.9 Å². The third-order valence-corrected chi connectivity index (χ3v) is 7.99. The van der Waals surface area contributed by atoms with E-state index in [9.17, 15) is 40.6 Å². The summed E-state index contributed by atoms with van der Waals surface area (Å²) in [6, 6.07) is 7.13. The van der Waals surface area contributed by atoms with Gasteiger partial charge in [0.05, 0.1) is 23.8 Å². The Labute approximate surface area is 228 Å². The van der Waals surface area contributed by atoms with Crippen molar-refractivity contribution in [3.05, 3.63) is 76.5 Å². The quantitative estimate of drug-likeness (QED) is 0.342. The number of nitrogens with zero attached hydrogens (tertiary/aromatic N) is 1. The van der Waals surface area contributed by atoms with E-state index in [4.69, 9.17) is 4.74 Å². The predicted octanol–water partition coefficient (Wildman–Crippen LogP) is 7.97. The maximum Gasteiger partial charge on any atom is 0.416 e. The summed E-state index contributed by atoms with van der Waals surface area (Å²) in [6.07, 6.45) is -9.78. The lowest BCUT2D eigenvalue weighted by Crippen LogP contribution is -2.40. The molecule has 2 aromatic carbocycles. The second-order valence-corrected chi connectivity index (χ2v) is 11.0. The van der Waals surface area contributed by atoms with E-state index in [-0.39, 0.29) is 55.0 Å². The highest BCUT2D eigenvalue weighted by Crippen LogP contribution is 2.50. The fourth-order valence-corrected chi connectivity index (χ4v) is 6.34. The van der Waals surface area contributed by atoms with Gasteiger partial charge in [-0.2, -0.15) is 26.3 Å². The summed E-state index contributed by atoms with van der Waals surface area (Å²) < 4.78 is 99.5. The molecular weight excluding hydrogens is 543 g/mol. The number of ether oxygens (including phenoxy) is 1. The first-order chi connectivity index (χ1) is 18.6. The molecule has 4 nitrogen and oxygen atoms in total. The van der Waals surface area contributed by atoms with Gasteiger partial charge >= 0.3 is 18.4 Å². The summed E-state index contributed by atoms with van der Waals surface area (Å²) in [4.78, 5) is 13.6. The van der Waals surface area contributed by atoms with Crippen LogP contribution in [-0.2, 0) is 23.5 Å². The number of rotatable bonds is 7. The lowest BCUT2D eigenvalue weighted by molar-refractivity contribution is -0.143. The SMILES string of the molecule is C[C](C)CC1[C@H]2CC[C@@H](OCCc3cc(C(F)(F)F)cc(C(F)(F)F)c3)[C@H](c3ccc(F)cc3)[C@H]2CN1C(=O)O. The van der Waals surface area contributed by atoms with E-state index in [2.05, 4.69) is 0 Å². The van der Waals surface area contributed by atoms with E-state index in [0.29, 0.717) is 31.4 Å². The molecule has 5 atom stereocenters. The van der Waals surface area contributed by atoms with Gasteiger partial charge in [0, 0.05) is 18.5 Å². The smallest absolute Gasteiger partial charge is 0.416 e. The zero-order chi connectivity index (χ0) is 29.4. The van der Waals surface area contributed by atoms with Gasteiger partial charge in [0.2, 0.25) is 0 Å². The van der Waals surface area contributed by atoms with E-state index in [1.165, 1.54) is 17.0 Å². The number of benzene rings is 2. The summed E-state index contributed by atoms with van der Waals surface area (Å²) in [6.45, 7) is 4.00. The fraction of sp³-hybridized carbons (Fsp3) is 0.517. The van der Waals surface area contributed by atoms with E-state index in [0.717, 1.165) is 11.5 Å². The van der Waals surface area contributed by atoms with E-state index >= 15 is 0 Å². The van der Waals surface area contributed by atoms with Crippen molar-refractivity contribution >= 4 is 6.09 Å². The molecule has 2 aromatic rings. The third-order valence-electron chi connectivity index (χ3n) is 7.99. The number of carbonyl (C=O) groups is 1. The minimum atomic E-state index is -4.94. The van der Waals surface area contributed by atoms with Crippen LogP contribution in [0.5, 0.6) is 0 Å². The first-order valence-electron chi connectivity index (χ1n) is 13.1. The maximum absolute atomic E-state index is 13.7. The molecule has 1 aliphatic carbocycles. The van der Waals surface area contributed by atoms with Gasteiger partial charge in [0.1, 0.15) is 5.82 Å². The van der Waals surface area contributed by atoms with Crippen LogP contribution in [0, 0.1) is 23.6 Å². The summed E-state index contributed by atoms with van der Waals surface area (Å²) in [5.41, 5.74) is -2.16. The number of fused-ring (bicyclic) bond motifs is 1. The van der Waals surface area contributed by atoms with Crippen molar-refractivity contribution in [1.82, 2.24) is 4.90 Å². The first-order valence-corrected chi connectivity index (χ1v) is 13.1. The molecule has 2 aliphatic rings. The van der Waals surface area contributed by atoms with Crippen molar-refractivity contribution < 1.29 is 45.4 Å². The van der Waals surface area contributed by atoms with Gasteiger partial charge in [-0.1, -0.05) is 26.0 Å². The van der Waals surface area contributed by atoms with Gasteiger partial charge in [-0.15, -0.1) is 0 Å². The molecule has 0 bridgehead atoms. The number of carboxylic acid groups (broad SMARTS) is 1. The van der Waals surface area contributed by atoms with Crippen LogP contribution in [0.15, 0.2) is 42.5 Å². The topological polar surface area (TPSA) is 49.8 Å². The van der Waals surface area contributed by atoms with Crippen molar-refractivity contribution in [2.75, 3.05) is 13.2 Å². The maximum atomic E-state index is 13.7. The second-order valence-electron chi connectivity index (χ2n) is 11.0. The van der Waals surface area contributed by atoms with Gasteiger partial charge in [-0.3, -0.25) is 0 Å². The van der Waals surface area contributed by atoms with Crippen LogP contribution < -0.4 is 0 Å². The van der Waals surface area contributed by atoms with Gasteiger partial charge in [-0.25, -0.2) is 9.18 Å². The Balaban J connectivity index is 1.57. The number of halogens is 7. The minimum Gasteiger partial charge on any atom is -0.465 e. The molecule has 11 heteroatoms. The Bertz CT molecular complexity index is 1150. The Morgan fingerprint density at radius 1 is 0.950 bits per heavy atom. The number of hydrogen-bond donors (Lipinski definition) is 1. The summed E-state index contributed by atoms with van der Waals surface area (Å²) in [7, 11) is 0. The third kappa shape index (κ3) is 6.72. The Morgan fingerprint density at radius 3 is 2.08 bits per heavy atom. The molecule has 1 saturated heterocycles. The number of amides is 1. The van der Waals surface area contributed by atoms with Gasteiger partial charge in [0.15, 0.2) is 0 Å². The summed E-state index contributed by atoms with van der Waals surface area (Å²) in [5, 5.41) is 9.91. The van der Waals surface area contributed by atoms with Crippen LogP contribution in [0.4, 0.5) is 35.5 Å². The molecule has 219 valence electrons. The van der Waals surface area contributed by atoms with Crippen molar-refractivity contribution in [3.8, 4) is 0 Å². The molecule has 1 N–H and O–H groups in total. The van der Waals surface area contributed by atoms with E-state index < -0.39 is 41.5 Å². The standard InChI is InChI=1S/C29H31F7NO3/c1-16(2)11-24-22-7-8-25(26(18-3-5-21(30)6-4-18)23(22)15-37(24)27(38)39)40-10-9-17-12-19(28(31,32)33)14-20(13-17)29(34,35)36/h3-6,12-14,22-26H,7-11,15H2,1-2H3,(H,38,39)/t22-,23-,24?,25+,26+/m0/s1. The van der Waals surface area contributed by atoms with Crippen LogP contribution in [0.3, 0.4) is 0 Å². The molecule has 1 amide bonds. The van der Waals surface area contributed by atoms with Crippen molar-refractivity contribution in [3.63, 3.8) is 0 Å². The molecule has 1 heterocycles. The molecular formula is C29H31F7NO3. The molecule has 0 aromatic heterocycles. The molecule has 40 heavy (non-hydrogen) atoms. The van der Waals surface area contributed by atoms with Crippen LogP contribution >= 0.6 is 0 Å². The summed E-state index contributed by atoms with van der Waals surface area (Å²) in [5.74, 6) is 0.212. The van der Waals surface area contributed by atoms with Crippen molar-refractivity contribution in [2.24, 2.45) is 11.8 Å². The molecule has 1 radical (unpaired) electrons. The zero-order valence-electron chi connectivity index (χ0n) is 22.0. The average Bonchev–Trinajstić information content (AvgIpc) is 3.21. The largest absolute Gasteiger partial charge is 0.465 e. The highest BCUT2D eigenvalue weighted by Gasteiger charge is 2.51. The van der Waals surface area contributed by atoms with Gasteiger partial charge in [0.25, 0.3) is 0 Å². The minimum absolute atomic E-state index is 0.0266. The Hall–Kier alpha value is -2.82. The van der Waals surface area contributed by atoms with Crippen LogP contribution in [0.25, 0.3) is 0 Å². The number of alkyl halides is 6. The van der Waals surface area contributed by atoms with E-state index in [1.807, 2.05) is 13.8 Å². The lowest BCUT2D eigenvalue weighted by Gasteiger charge is -2.41. The van der Waals surface area contributed by atoms with Gasteiger partial charge < -0.3 is 14.7 Å². The van der Waals surface area contributed by atoms with Crippen molar-refractivity contribution in [2.45, 2.75) is 69.9 Å². The molecule has 4 rings (SSSR count). The molecule has 2 fully saturated rings. The van der Waals surface area contributed by atoms with Crippen LogP contribution in [0.2, 0.25) is 0 Å². The number of likely N-dealkylation sites (tertiary alicyclic amines) is 1. The lowest BCUT2D eigenvalue weighted by atomic mass is 9.67. The van der Waals surface area contributed by atoms with Crippen LogP contribution in [-0.4, -0.2) is 41.4 Å². The van der Waals surface area contributed by atoms with E-state index in [1.54, 1.807) is 12.1 Å². The Kier molecular flexibility index (Phi) is 8.73. The second kappa shape index (κ2) is 11.6. The summed E-state index contributed by atoms with van der Waals surface area (Å²) >= 11 is 0. The predicted molar refractivity (Wildman–Crippen MR) is 133 cm³/mol. The molecule has 1 unspecified atom stereocenters.